The normalized spacial score (nSPS) is 17.1. The highest BCUT2D eigenvalue weighted by Gasteiger charge is 2.18. The summed E-state index contributed by atoms with van der Waals surface area (Å²) in [4.78, 5) is 11.9. The van der Waals surface area contributed by atoms with Crippen molar-refractivity contribution in [1.29, 1.82) is 0 Å². The fourth-order valence-corrected chi connectivity index (χ4v) is 3.10. The Labute approximate surface area is 142 Å². The summed E-state index contributed by atoms with van der Waals surface area (Å²) in [6.07, 6.45) is 2.10. The number of thioether (sulfide) groups is 1. The minimum Gasteiger partial charge on any atom is -0.376 e. The molecule has 3 rings (SSSR count). The summed E-state index contributed by atoms with van der Waals surface area (Å²) < 4.78 is 20.4. The lowest BCUT2D eigenvalue weighted by Crippen LogP contribution is -2.33. The minimum atomic E-state index is -0.428. The number of nitrogens with one attached hydrogen (secondary N) is 1. The van der Waals surface area contributed by atoms with Crippen molar-refractivity contribution in [3.05, 3.63) is 30.1 Å². The molecule has 9 heteroatoms. The lowest BCUT2D eigenvalue weighted by atomic mass is 10.2. The van der Waals surface area contributed by atoms with Crippen LogP contribution in [0, 0.1) is 5.82 Å². The Morgan fingerprint density at radius 3 is 3.04 bits per heavy atom. The van der Waals surface area contributed by atoms with Gasteiger partial charge in [-0.05, 0) is 25.0 Å². The third-order valence-electron chi connectivity index (χ3n) is 3.66. The van der Waals surface area contributed by atoms with Crippen LogP contribution in [0.4, 0.5) is 4.39 Å². The highest BCUT2D eigenvalue weighted by molar-refractivity contribution is 7.99. The van der Waals surface area contributed by atoms with Crippen molar-refractivity contribution in [2.45, 2.75) is 24.1 Å². The molecule has 0 unspecified atom stereocenters. The van der Waals surface area contributed by atoms with Crippen molar-refractivity contribution in [2.24, 2.45) is 0 Å². The fourth-order valence-electron chi connectivity index (χ4n) is 2.42. The molecule has 2 heterocycles. The summed E-state index contributed by atoms with van der Waals surface area (Å²) in [5.41, 5.74) is 0.266. The molecular weight excluding hydrogens is 333 g/mol. The fraction of sp³-hybridized carbons (Fsp3) is 0.400. The summed E-state index contributed by atoms with van der Waals surface area (Å²) in [6, 6.07) is 6.18. The number of aromatic nitrogens is 3. The Hall–Kier alpha value is -2.13. The van der Waals surface area contributed by atoms with Gasteiger partial charge < -0.3 is 15.9 Å². The molecule has 1 atom stereocenters. The standard InChI is InChI=1S/C15H18FN5O2S/c16-12-6-2-1-5-11(12)14-19-20-15(21(14)17)24-9-13(22)18-8-10-4-3-7-23-10/h1-2,5-6,10H,3-4,7-9,17H2,(H,18,22)/t10-/m0/s1. The number of carbonyl (C=O) groups excluding carboxylic acids is 1. The van der Waals surface area contributed by atoms with E-state index in [0.717, 1.165) is 31.2 Å². The summed E-state index contributed by atoms with van der Waals surface area (Å²) >= 11 is 1.15. The molecule has 0 radical (unpaired) electrons. The van der Waals surface area contributed by atoms with E-state index >= 15 is 0 Å². The average Bonchev–Trinajstić information content (AvgIpc) is 3.22. The van der Waals surface area contributed by atoms with E-state index in [1.165, 1.54) is 10.7 Å². The number of amides is 1. The molecule has 128 valence electrons. The number of halogens is 1. The van der Waals surface area contributed by atoms with E-state index in [4.69, 9.17) is 10.6 Å². The molecule has 1 aromatic heterocycles. The van der Waals surface area contributed by atoms with Gasteiger partial charge in [-0.2, -0.15) is 0 Å². The zero-order valence-electron chi connectivity index (χ0n) is 12.9. The second-order valence-electron chi connectivity index (χ2n) is 5.38. The number of nitrogens with two attached hydrogens (primary N) is 1. The van der Waals surface area contributed by atoms with Crippen LogP contribution < -0.4 is 11.2 Å². The molecule has 1 aliphatic heterocycles. The van der Waals surface area contributed by atoms with Crippen LogP contribution in [0.25, 0.3) is 11.4 Å². The molecule has 1 aromatic carbocycles. The Balaban J connectivity index is 1.56. The molecule has 7 nitrogen and oxygen atoms in total. The molecule has 3 N–H and O–H groups in total. The van der Waals surface area contributed by atoms with Crippen LogP contribution in [0.3, 0.4) is 0 Å². The molecule has 0 saturated carbocycles. The van der Waals surface area contributed by atoms with Gasteiger partial charge in [-0.3, -0.25) is 4.79 Å². The van der Waals surface area contributed by atoms with Gasteiger partial charge >= 0.3 is 0 Å². The average molecular weight is 351 g/mol. The monoisotopic (exact) mass is 351 g/mol. The molecule has 1 saturated heterocycles. The molecule has 1 amide bonds. The van der Waals surface area contributed by atoms with Crippen molar-refractivity contribution in [2.75, 3.05) is 24.7 Å². The van der Waals surface area contributed by atoms with E-state index in [-0.39, 0.29) is 29.2 Å². The van der Waals surface area contributed by atoms with Crippen molar-refractivity contribution in [3.63, 3.8) is 0 Å². The van der Waals surface area contributed by atoms with E-state index < -0.39 is 5.82 Å². The molecule has 0 spiro atoms. The Morgan fingerprint density at radius 2 is 2.29 bits per heavy atom. The highest BCUT2D eigenvalue weighted by atomic mass is 32.2. The molecule has 24 heavy (non-hydrogen) atoms. The zero-order chi connectivity index (χ0) is 16.9. The second kappa shape index (κ2) is 7.63. The maximum absolute atomic E-state index is 13.8. The van der Waals surface area contributed by atoms with E-state index in [1.54, 1.807) is 18.2 Å². The van der Waals surface area contributed by atoms with Crippen LogP contribution >= 0.6 is 11.8 Å². The maximum atomic E-state index is 13.8. The Kier molecular flexibility index (Phi) is 5.31. The van der Waals surface area contributed by atoms with Crippen molar-refractivity contribution in [1.82, 2.24) is 20.2 Å². The number of ether oxygens (including phenoxy) is 1. The number of benzene rings is 1. The molecule has 0 aliphatic carbocycles. The van der Waals surface area contributed by atoms with Crippen LogP contribution in [0.15, 0.2) is 29.4 Å². The zero-order valence-corrected chi connectivity index (χ0v) is 13.8. The quantitative estimate of drug-likeness (QED) is 0.599. The topological polar surface area (TPSA) is 95.1 Å². The van der Waals surface area contributed by atoms with Gasteiger partial charge in [-0.15, -0.1) is 10.2 Å². The summed E-state index contributed by atoms with van der Waals surface area (Å²) in [7, 11) is 0. The summed E-state index contributed by atoms with van der Waals surface area (Å²) in [5, 5.41) is 11.0. The number of carbonyl (C=O) groups is 1. The Bertz CT molecular complexity index is 718. The third kappa shape index (κ3) is 3.85. The van der Waals surface area contributed by atoms with E-state index in [1.807, 2.05) is 0 Å². The number of nitrogen functional groups attached to an aromatic ring is 1. The lowest BCUT2D eigenvalue weighted by molar-refractivity contribution is -0.119. The van der Waals surface area contributed by atoms with Gasteiger partial charge in [0.2, 0.25) is 11.1 Å². The van der Waals surface area contributed by atoms with Crippen molar-refractivity contribution >= 4 is 17.7 Å². The number of rotatable bonds is 6. The first-order chi connectivity index (χ1) is 11.6. The van der Waals surface area contributed by atoms with Crippen LogP contribution in [-0.4, -0.2) is 45.8 Å². The number of hydrogen-bond donors (Lipinski definition) is 2. The largest absolute Gasteiger partial charge is 0.376 e. The van der Waals surface area contributed by atoms with Gasteiger partial charge in [0.1, 0.15) is 5.82 Å². The van der Waals surface area contributed by atoms with Gasteiger partial charge in [0, 0.05) is 13.2 Å². The van der Waals surface area contributed by atoms with Gasteiger partial charge in [-0.25, -0.2) is 9.07 Å². The number of hydrogen-bond acceptors (Lipinski definition) is 6. The van der Waals surface area contributed by atoms with Gasteiger partial charge in [-0.1, -0.05) is 23.9 Å². The summed E-state index contributed by atoms with van der Waals surface area (Å²) in [6.45, 7) is 1.26. The smallest absolute Gasteiger partial charge is 0.230 e. The minimum absolute atomic E-state index is 0.102. The van der Waals surface area contributed by atoms with Crippen LogP contribution in [-0.2, 0) is 9.53 Å². The highest BCUT2D eigenvalue weighted by Crippen LogP contribution is 2.23. The first kappa shape index (κ1) is 16.7. The SMILES string of the molecule is Nn1c(SCC(=O)NC[C@@H]2CCCO2)nnc1-c1ccccc1F. The van der Waals surface area contributed by atoms with Crippen LogP contribution in [0.1, 0.15) is 12.8 Å². The second-order valence-corrected chi connectivity index (χ2v) is 6.33. The maximum Gasteiger partial charge on any atom is 0.230 e. The molecular formula is C15H18FN5O2S. The lowest BCUT2D eigenvalue weighted by Gasteiger charge is -2.10. The van der Waals surface area contributed by atoms with Gasteiger partial charge in [0.25, 0.3) is 0 Å². The first-order valence-corrected chi connectivity index (χ1v) is 8.60. The van der Waals surface area contributed by atoms with E-state index in [9.17, 15) is 9.18 Å². The molecule has 0 bridgehead atoms. The third-order valence-corrected chi connectivity index (χ3v) is 4.61. The van der Waals surface area contributed by atoms with Crippen molar-refractivity contribution < 1.29 is 13.9 Å². The molecule has 1 fully saturated rings. The number of nitrogens with zero attached hydrogens (tertiary/aromatic N) is 3. The Morgan fingerprint density at radius 1 is 1.46 bits per heavy atom. The van der Waals surface area contributed by atoms with Crippen LogP contribution in [0.2, 0.25) is 0 Å². The predicted molar refractivity (Wildman–Crippen MR) is 88.3 cm³/mol. The predicted octanol–water partition coefficient (Wildman–Crippen LogP) is 1.19. The summed E-state index contributed by atoms with van der Waals surface area (Å²) in [5.74, 6) is 5.72. The van der Waals surface area contributed by atoms with Crippen molar-refractivity contribution in [3.8, 4) is 11.4 Å². The van der Waals surface area contributed by atoms with Crippen LogP contribution in [0.5, 0.6) is 0 Å². The van der Waals surface area contributed by atoms with Gasteiger partial charge in [0.15, 0.2) is 5.82 Å². The van der Waals surface area contributed by atoms with E-state index in [0.29, 0.717) is 11.7 Å². The molecule has 2 aromatic rings. The van der Waals surface area contributed by atoms with Gasteiger partial charge in [0.05, 0.1) is 17.4 Å². The first-order valence-electron chi connectivity index (χ1n) is 7.61. The molecule has 1 aliphatic rings. The van der Waals surface area contributed by atoms with E-state index in [2.05, 4.69) is 15.5 Å².